The van der Waals surface area contributed by atoms with Crippen LogP contribution in [0.2, 0.25) is 6.55 Å². The summed E-state index contributed by atoms with van der Waals surface area (Å²) < 4.78 is 10.3. The molecule has 0 aromatic rings. The van der Waals surface area contributed by atoms with Crippen LogP contribution in [0.3, 0.4) is 0 Å². The Labute approximate surface area is 81.1 Å². The molecule has 0 atom stereocenters. The monoisotopic (exact) mass is 156 g/mol. The summed E-state index contributed by atoms with van der Waals surface area (Å²) in [6.07, 6.45) is 0. The normalized spacial score (nSPS) is 9.33. The van der Waals surface area contributed by atoms with E-state index in [1.54, 1.807) is 0 Å². The van der Waals surface area contributed by atoms with Crippen LogP contribution in [0.4, 0.5) is 0 Å². The summed E-state index contributed by atoms with van der Waals surface area (Å²) in [7, 11) is -0.891. The molecule has 0 fully saturated rings. The molecule has 0 spiro atoms. The third-order valence-electron chi connectivity index (χ3n) is 0.695. The van der Waals surface area contributed by atoms with Gasteiger partial charge in [-0.3, -0.25) is 0 Å². The van der Waals surface area contributed by atoms with Crippen LogP contribution in [0.15, 0.2) is 0 Å². The zero-order chi connectivity index (χ0) is 6.41. The first-order chi connectivity index (χ1) is 3.81. The second-order valence-corrected chi connectivity index (χ2v) is 2.92. The van der Waals surface area contributed by atoms with Gasteiger partial charge in [0.15, 0.2) is 0 Å². The maximum absolute atomic E-state index is 5.16. The second kappa shape index (κ2) is 9.14. The molecule has 50 valence electrons. The van der Waals surface area contributed by atoms with Crippen molar-refractivity contribution < 1.29 is 8.85 Å². The Balaban J connectivity index is 0. The molecular formula is C5H13NaO2Si. The fraction of sp³-hybridized carbons (Fsp3) is 1.00. The molecule has 0 unspecified atom stereocenters. The summed E-state index contributed by atoms with van der Waals surface area (Å²) in [5.41, 5.74) is 0. The maximum atomic E-state index is 5.16. The quantitative estimate of drug-likeness (QED) is 0.560. The average molecular weight is 156 g/mol. The minimum absolute atomic E-state index is 0. The zero-order valence-corrected chi connectivity index (χ0v) is 9.73. The van der Waals surface area contributed by atoms with E-state index >= 15 is 0 Å². The first-order valence-electron chi connectivity index (χ1n) is 2.90. The van der Waals surface area contributed by atoms with Crippen LogP contribution in [0.1, 0.15) is 13.8 Å². The van der Waals surface area contributed by atoms with Crippen LogP contribution in [0, 0.1) is 0 Å². The Kier molecular flexibility index (Phi) is 13.0. The third-order valence-corrected chi connectivity index (χ3v) is 2.09. The third kappa shape index (κ3) is 9.14. The number of hydrogen-bond donors (Lipinski definition) is 0. The fourth-order valence-corrected chi connectivity index (χ4v) is 1.34. The molecule has 0 saturated heterocycles. The smallest absolute Gasteiger partial charge is 0.381 e. The van der Waals surface area contributed by atoms with Crippen LogP contribution in [-0.4, -0.2) is 52.1 Å². The Morgan fingerprint density at radius 3 is 1.67 bits per heavy atom. The summed E-state index contributed by atoms with van der Waals surface area (Å²) in [5.74, 6) is 0. The van der Waals surface area contributed by atoms with Gasteiger partial charge in [0.1, 0.15) is 0 Å². The standard InChI is InChI=1S/C5H13O2Si.Na/c1-4-6-8(3)7-5-2;/h4-5H2,1-3H3;. The predicted octanol–water partition coefficient (Wildman–Crippen LogP) is 0.797. The van der Waals surface area contributed by atoms with Gasteiger partial charge in [0, 0.05) is 42.8 Å². The van der Waals surface area contributed by atoms with Crippen molar-refractivity contribution in [1.82, 2.24) is 0 Å². The molecule has 9 heavy (non-hydrogen) atoms. The zero-order valence-electron chi connectivity index (χ0n) is 6.73. The SMILES string of the molecule is CCO[Si](C)OCC.[Na]. The van der Waals surface area contributed by atoms with E-state index in [0.717, 1.165) is 13.2 Å². The van der Waals surface area contributed by atoms with Gasteiger partial charge >= 0.3 is 9.28 Å². The van der Waals surface area contributed by atoms with E-state index in [0.29, 0.717) is 0 Å². The molecule has 0 N–H and O–H groups in total. The summed E-state index contributed by atoms with van der Waals surface area (Å²) in [4.78, 5) is 0. The minimum Gasteiger partial charge on any atom is -0.394 e. The van der Waals surface area contributed by atoms with Gasteiger partial charge in [-0.05, 0) is 20.4 Å². The van der Waals surface area contributed by atoms with Gasteiger partial charge in [0.05, 0.1) is 0 Å². The van der Waals surface area contributed by atoms with E-state index in [1.807, 2.05) is 20.4 Å². The van der Waals surface area contributed by atoms with Gasteiger partial charge in [0.2, 0.25) is 0 Å². The van der Waals surface area contributed by atoms with E-state index in [4.69, 9.17) is 8.85 Å². The number of hydrogen-bond acceptors (Lipinski definition) is 2. The molecule has 2 nitrogen and oxygen atoms in total. The molecule has 0 aliphatic carbocycles. The minimum atomic E-state index is -0.891. The molecule has 4 heteroatoms. The Hall–Kier alpha value is 1.14. The first kappa shape index (κ1) is 12.8. The molecule has 0 bridgehead atoms. The predicted molar refractivity (Wildman–Crippen MR) is 40.6 cm³/mol. The maximum Gasteiger partial charge on any atom is 0.381 e. The molecule has 0 aromatic carbocycles. The van der Waals surface area contributed by atoms with Crippen LogP contribution in [0.25, 0.3) is 0 Å². The van der Waals surface area contributed by atoms with Gasteiger partial charge in [-0.2, -0.15) is 0 Å². The summed E-state index contributed by atoms with van der Waals surface area (Å²) in [6.45, 7) is 7.49. The Morgan fingerprint density at radius 2 is 1.44 bits per heavy atom. The van der Waals surface area contributed by atoms with Crippen molar-refractivity contribution in [2.75, 3.05) is 13.2 Å². The molecule has 0 aliphatic rings. The van der Waals surface area contributed by atoms with Crippen LogP contribution < -0.4 is 0 Å². The molecule has 0 amide bonds. The Morgan fingerprint density at radius 1 is 1.11 bits per heavy atom. The van der Waals surface area contributed by atoms with Gasteiger partial charge < -0.3 is 8.85 Å². The van der Waals surface area contributed by atoms with Crippen molar-refractivity contribution >= 4 is 38.8 Å². The average Bonchev–Trinajstić information content (AvgIpc) is 1.68. The fourth-order valence-electron chi connectivity index (χ4n) is 0.448. The van der Waals surface area contributed by atoms with E-state index in [9.17, 15) is 0 Å². The topological polar surface area (TPSA) is 18.5 Å². The van der Waals surface area contributed by atoms with E-state index < -0.39 is 9.28 Å². The molecule has 0 rings (SSSR count). The van der Waals surface area contributed by atoms with Gasteiger partial charge in [-0.15, -0.1) is 0 Å². The molecule has 0 aliphatic heterocycles. The molecule has 2 radical (unpaired) electrons. The molecule has 0 heterocycles. The molecular weight excluding hydrogens is 143 g/mol. The van der Waals surface area contributed by atoms with Crippen molar-refractivity contribution in [3.63, 3.8) is 0 Å². The molecule has 0 saturated carbocycles. The van der Waals surface area contributed by atoms with Crippen LogP contribution in [0.5, 0.6) is 0 Å². The summed E-state index contributed by atoms with van der Waals surface area (Å²) in [5, 5.41) is 0. The van der Waals surface area contributed by atoms with Gasteiger partial charge in [-0.25, -0.2) is 0 Å². The van der Waals surface area contributed by atoms with Crippen LogP contribution >= 0.6 is 0 Å². The summed E-state index contributed by atoms with van der Waals surface area (Å²) >= 11 is 0. The van der Waals surface area contributed by atoms with Gasteiger partial charge in [0.25, 0.3) is 0 Å². The first-order valence-corrected chi connectivity index (χ1v) is 4.72. The van der Waals surface area contributed by atoms with Crippen molar-refractivity contribution in [2.24, 2.45) is 0 Å². The number of rotatable bonds is 4. The van der Waals surface area contributed by atoms with E-state index in [1.165, 1.54) is 0 Å². The van der Waals surface area contributed by atoms with E-state index in [2.05, 4.69) is 0 Å². The summed E-state index contributed by atoms with van der Waals surface area (Å²) in [6, 6.07) is 0. The largest absolute Gasteiger partial charge is 0.394 e. The van der Waals surface area contributed by atoms with E-state index in [-0.39, 0.29) is 29.6 Å². The van der Waals surface area contributed by atoms with Crippen molar-refractivity contribution in [3.8, 4) is 0 Å². The van der Waals surface area contributed by atoms with Crippen molar-refractivity contribution in [3.05, 3.63) is 0 Å². The molecule has 0 aromatic heterocycles. The van der Waals surface area contributed by atoms with Crippen molar-refractivity contribution in [1.29, 1.82) is 0 Å². The second-order valence-electron chi connectivity index (χ2n) is 1.36. The Bertz CT molecular complexity index is 48.2. The van der Waals surface area contributed by atoms with Gasteiger partial charge in [-0.1, -0.05) is 0 Å². The van der Waals surface area contributed by atoms with Crippen LogP contribution in [-0.2, 0) is 8.85 Å². The van der Waals surface area contributed by atoms with Crippen molar-refractivity contribution in [2.45, 2.75) is 20.4 Å².